The lowest BCUT2D eigenvalue weighted by Crippen LogP contribution is -2.16. The van der Waals surface area contributed by atoms with E-state index in [9.17, 15) is 0 Å². The van der Waals surface area contributed by atoms with E-state index >= 15 is 0 Å². The Balaban J connectivity index is 2.72. The second-order valence-electron chi connectivity index (χ2n) is 2.27. The van der Waals surface area contributed by atoms with Crippen molar-refractivity contribution in [3.63, 3.8) is 0 Å². The van der Waals surface area contributed by atoms with Crippen molar-refractivity contribution in [2.75, 3.05) is 0 Å². The largest absolute Gasteiger partial charge is 0.477 e. The SMILES string of the molecule is C1=c2occc2=C2OC12. The van der Waals surface area contributed by atoms with Crippen LogP contribution in [-0.2, 0) is 4.74 Å². The molecule has 2 heteroatoms. The number of fused-ring (bicyclic) bond motifs is 2. The summed E-state index contributed by atoms with van der Waals surface area (Å²) in [6, 6.07) is 1.94. The van der Waals surface area contributed by atoms with Crippen LogP contribution < -0.4 is 10.6 Å². The number of epoxide rings is 1. The van der Waals surface area contributed by atoms with E-state index in [0.29, 0.717) is 0 Å². The molecule has 0 aromatic carbocycles. The first kappa shape index (κ1) is 3.77. The van der Waals surface area contributed by atoms with Gasteiger partial charge in [-0.2, -0.15) is 0 Å². The second kappa shape index (κ2) is 0.923. The van der Waals surface area contributed by atoms with Gasteiger partial charge in [0.05, 0.1) is 11.5 Å². The van der Waals surface area contributed by atoms with Crippen LogP contribution in [0.4, 0.5) is 0 Å². The van der Waals surface area contributed by atoms with Crippen molar-refractivity contribution in [1.29, 1.82) is 0 Å². The molecule has 2 nitrogen and oxygen atoms in total. The summed E-state index contributed by atoms with van der Waals surface area (Å²) in [6.45, 7) is 0. The van der Waals surface area contributed by atoms with E-state index < -0.39 is 0 Å². The Morgan fingerprint density at radius 1 is 1.44 bits per heavy atom. The molecule has 44 valence electrons. The van der Waals surface area contributed by atoms with E-state index in [-0.39, 0.29) is 6.10 Å². The standard InChI is InChI=1S/C7H4O2/c1-2-8-5-3-6-7(9-6)4(1)5/h1-3,6H. The lowest BCUT2D eigenvalue weighted by Gasteiger charge is -1.71. The molecule has 1 atom stereocenters. The van der Waals surface area contributed by atoms with E-state index in [4.69, 9.17) is 9.15 Å². The molecule has 0 radical (unpaired) electrons. The van der Waals surface area contributed by atoms with Gasteiger partial charge >= 0.3 is 0 Å². The van der Waals surface area contributed by atoms with Gasteiger partial charge in [0, 0.05) is 6.08 Å². The van der Waals surface area contributed by atoms with Crippen molar-refractivity contribution in [3.8, 4) is 0 Å². The van der Waals surface area contributed by atoms with Gasteiger partial charge in [-0.1, -0.05) is 0 Å². The zero-order valence-corrected chi connectivity index (χ0v) is 4.63. The van der Waals surface area contributed by atoms with Crippen LogP contribution in [0.5, 0.6) is 0 Å². The smallest absolute Gasteiger partial charge is 0.178 e. The van der Waals surface area contributed by atoms with E-state index in [0.717, 1.165) is 16.4 Å². The summed E-state index contributed by atoms with van der Waals surface area (Å²) < 4.78 is 10.3. The molecule has 1 aliphatic carbocycles. The highest BCUT2D eigenvalue weighted by Crippen LogP contribution is 2.29. The molecule has 0 amide bonds. The molecule has 1 fully saturated rings. The van der Waals surface area contributed by atoms with Crippen LogP contribution in [0.25, 0.3) is 11.8 Å². The van der Waals surface area contributed by atoms with Gasteiger partial charge in [-0.3, -0.25) is 0 Å². The maximum Gasteiger partial charge on any atom is 0.178 e. The maximum atomic E-state index is 5.14. The summed E-state index contributed by atoms with van der Waals surface area (Å²) in [5.41, 5.74) is 0.973. The molecule has 2 aliphatic rings. The van der Waals surface area contributed by atoms with Crippen molar-refractivity contribution in [1.82, 2.24) is 0 Å². The highest BCUT2D eigenvalue weighted by molar-refractivity contribution is 5.69. The van der Waals surface area contributed by atoms with E-state index in [1.54, 1.807) is 6.26 Å². The van der Waals surface area contributed by atoms with Crippen molar-refractivity contribution in [2.45, 2.75) is 6.10 Å². The molecular formula is C7H4O2. The molecule has 1 saturated heterocycles. The van der Waals surface area contributed by atoms with Crippen LogP contribution in [0.1, 0.15) is 0 Å². The van der Waals surface area contributed by atoms with Gasteiger partial charge in [-0.15, -0.1) is 0 Å². The average Bonchev–Trinajstić information content (AvgIpc) is 2.38. The minimum atomic E-state index is 0.264. The first-order valence-electron chi connectivity index (χ1n) is 2.91. The third-order valence-corrected chi connectivity index (χ3v) is 1.72. The van der Waals surface area contributed by atoms with Crippen LogP contribution >= 0.6 is 0 Å². The van der Waals surface area contributed by atoms with Gasteiger partial charge in [-0.05, 0) is 6.07 Å². The molecule has 1 unspecified atom stereocenters. The highest BCUT2D eigenvalue weighted by atomic mass is 16.6. The minimum Gasteiger partial charge on any atom is -0.477 e. The molecular weight excluding hydrogens is 116 g/mol. The van der Waals surface area contributed by atoms with E-state index in [2.05, 4.69) is 0 Å². The third kappa shape index (κ3) is 0.304. The van der Waals surface area contributed by atoms with E-state index in [1.807, 2.05) is 12.1 Å². The predicted molar refractivity (Wildman–Crippen MR) is 30.7 cm³/mol. The quantitative estimate of drug-likeness (QED) is 0.434. The minimum absolute atomic E-state index is 0.264. The van der Waals surface area contributed by atoms with Gasteiger partial charge in [0.25, 0.3) is 0 Å². The summed E-state index contributed by atoms with van der Waals surface area (Å²) in [5.74, 6) is 1.08. The van der Waals surface area contributed by atoms with Gasteiger partial charge in [0.15, 0.2) is 11.9 Å². The molecule has 1 aromatic heterocycles. The normalized spacial score (nSPS) is 26.2. The van der Waals surface area contributed by atoms with Gasteiger partial charge < -0.3 is 9.15 Å². The Morgan fingerprint density at radius 2 is 2.44 bits per heavy atom. The second-order valence-corrected chi connectivity index (χ2v) is 2.27. The lowest BCUT2D eigenvalue weighted by molar-refractivity contribution is 0.477. The predicted octanol–water partition coefficient (Wildman–Crippen LogP) is -0.419. The average molecular weight is 120 g/mol. The van der Waals surface area contributed by atoms with Crippen LogP contribution in [0.3, 0.4) is 0 Å². The summed E-state index contributed by atoms with van der Waals surface area (Å²) in [6.07, 6.45) is 3.94. The van der Waals surface area contributed by atoms with Gasteiger partial charge in [-0.25, -0.2) is 0 Å². The van der Waals surface area contributed by atoms with Crippen molar-refractivity contribution < 1.29 is 9.15 Å². The zero-order chi connectivity index (χ0) is 5.84. The molecule has 1 aliphatic heterocycles. The number of hydrogen-bond donors (Lipinski definition) is 0. The summed E-state index contributed by atoms with van der Waals surface area (Å²) >= 11 is 0. The molecule has 0 spiro atoms. The fraction of sp³-hybridized carbons (Fsp3) is 0.143. The Labute approximate surface area is 51.0 Å². The zero-order valence-electron chi connectivity index (χ0n) is 4.63. The Hall–Kier alpha value is -1.18. The summed E-state index contributed by atoms with van der Waals surface area (Å²) in [5, 5.41) is 1.14. The molecule has 0 bridgehead atoms. The molecule has 2 heterocycles. The van der Waals surface area contributed by atoms with Crippen LogP contribution in [-0.4, -0.2) is 6.10 Å². The molecule has 9 heavy (non-hydrogen) atoms. The van der Waals surface area contributed by atoms with Crippen LogP contribution in [0.2, 0.25) is 0 Å². The Bertz CT molecular complexity index is 372. The first-order valence-corrected chi connectivity index (χ1v) is 2.91. The highest BCUT2D eigenvalue weighted by Gasteiger charge is 2.36. The fourth-order valence-corrected chi connectivity index (χ4v) is 1.22. The topological polar surface area (TPSA) is 25.7 Å². The molecule has 3 rings (SSSR count). The van der Waals surface area contributed by atoms with Crippen molar-refractivity contribution >= 4 is 11.8 Å². The van der Waals surface area contributed by atoms with Crippen LogP contribution in [0, 0.1) is 0 Å². The van der Waals surface area contributed by atoms with Gasteiger partial charge in [0.1, 0.15) is 5.42 Å². The number of rotatable bonds is 0. The maximum absolute atomic E-state index is 5.14. The number of furan rings is 1. The van der Waals surface area contributed by atoms with Crippen molar-refractivity contribution in [3.05, 3.63) is 23.0 Å². The lowest BCUT2D eigenvalue weighted by atomic mass is 10.4. The monoisotopic (exact) mass is 120 g/mol. The Kier molecular flexibility index (Phi) is 0.387. The third-order valence-electron chi connectivity index (χ3n) is 1.72. The Morgan fingerprint density at radius 3 is 3.33 bits per heavy atom. The molecule has 0 N–H and O–H groups in total. The summed E-state index contributed by atoms with van der Waals surface area (Å²) in [7, 11) is 0. The van der Waals surface area contributed by atoms with Crippen molar-refractivity contribution in [2.24, 2.45) is 0 Å². The number of hydrogen-bond acceptors (Lipinski definition) is 2. The molecule has 1 aromatic rings. The molecule has 0 saturated carbocycles. The fourth-order valence-electron chi connectivity index (χ4n) is 1.22. The number of ether oxygens (including phenoxy) is 1. The van der Waals surface area contributed by atoms with Gasteiger partial charge in [0.2, 0.25) is 0 Å². The first-order chi connectivity index (χ1) is 4.45. The van der Waals surface area contributed by atoms with Crippen LogP contribution in [0.15, 0.2) is 16.7 Å². The van der Waals surface area contributed by atoms with E-state index in [1.165, 1.54) is 0 Å². The summed E-state index contributed by atoms with van der Waals surface area (Å²) in [4.78, 5) is 0.